The molecular weight excluding hydrogens is 176 g/mol. The van der Waals surface area contributed by atoms with Crippen molar-refractivity contribution >= 4 is 6.03 Å². The van der Waals surface area contributed by atoms with Crippen molar-refractivity contribution in [2.45, 2.75) is 51.1 Å². The van der Waals surface area contributed by atoms with Gasteiger partial charge in [0.25, 0.3) is 0 Å². The lowest BCUT2D eigenvalue weighted by Crippen LogP contribution is -2.52. The van der Waals surface area contributed by atoms with Crippen molar-refractivity contribution in [1.29, 1.82) is 0 Å². The summed E-state index contributed by atoms with van der Waals surface area (Å²) in [4.78, 5) is 11.5. The molecule has 0 radical (unpaired) electrons. The normalized spacial score (nSPS) is 20.1. The summed E-state index contributed by atoms with van der Waals surface area (Å²) in [6.07, 6.45) is 9.48. The first-order chi connectivity index (χ1) is 6.59. The van der Waals surface area contributed by atoms with Crippen LogP contribution in [0.4, 0.5) is 4.79 Å². The number of hydrogen-bond acceptors (Lipinski definition) is 1. The maximum Gasteiger partial charge on any atom is 0.316 e. The molecule has 0 aromatic heterocycles. The van der Waals surface area contributed by atoms with Gasteiger partial charge in [0.15, 0.2) is 0 Å². The third kappa shape index (κ3) is 2.66. The van der Waals surface area contributed by atoms with Crippen molar-refractivity contribution in [3.63, 3.8) is 0 Å². The summed E-state index contributed by atoms with van der Waals surface area (Å²) in [5.74, 6) is 2.60. The van der Waals surface area contributed by atoms with Crippen molar-refractivity contribution in [3.8, 4) is 12.3 Å². The van der Waals surface area contributed by atoms with Gasteiger partial charge in [0.2, 0.25) is 0 Å². The molecule has 3 heteroatoms. The summed E-state index contributed by atoms with van der Waals surface area (Å²) in [6, 6.07) is 0.214. The summed E-state index contributed by atoms with van der Waals surface area (Å²) in [7, 11) is 0. The van der Waals surface area contributed by atoms with Crippen LogP contribution in [0.2, 0.25) is 0 Å². The molecule has 1 unspecified atom stereocenters. The first-order valence-corrected chi connectivity index (χ1v) is 5.16. The van der Waals surface area contributed by atoms with Crippen LogP contribution in [0.25, 0.3) is 0 Å². The van der Waals surface area contributed by atoms with Crippen LogP contribution in [0.15, 0.2) is 0 Å². The van der Waals surface area contributed by atoms with Gasteiger partial charge in [-0.2, -0.15) is 0 Å². The minimum atomic E-state index is -0.520. The third-order valence-electron chi connectivity index (χ3n) is 2.86. The molecule has 0 bridgehead atoms. The number of nitrogens with one attached hydrogen (secondary N) is 2. The van der Waals surface area contributed by atoms with Crippen molar-refractivity contribution in [2.75, 3.05) is 0 Å². The summed E-state index contributed by atoms with van der Waals surface area (Å²) in [5.41, 5.74) is -0.520. The van der Waals surface area contributed by atoms with E-state index in [4.69, 9.17) is 6.42 Å². The first-order valence-electron chi connectivity index (χ1n) is 5.16. The van der Waals surface area contributed by atoms with Gasteiger partial charge in [-0.1, -0.05) is 12.8 Å². The standard InChI is InChI=1S/C11H18N2O/c1-4-11(3,5-2)13-10(14)12-9-7-6-8-9/h1,9H,5-8H2,2-3H3,(H2,12,13,14). The lowest BCUT2D eigenvalue weighted by molar-refractivity contribution is 0.221. The van der Waals surface area contributed by atoms with Crippen LogP contribution < -0.4 is 10.6 Å². The summed E-state index contributed by atoms with van der Waals surface area (Å²) < 4.78 is 0. The van der Waals surface area contributed by atoms with E-state index in [1.54, 1.807) is 0 Å². The Bertz CT molecular complexity index is 253. The fraction of sp³-hybridized carbons (Fsp3) is 0.727. The van der Waals surface area contributed by atoms with Crippen molar-refractivity contribution in [3.05, 3.63) is 0 Å². The number of rotatable bonds is 3. The molecule has 1 saturated carbocycles. The number of carbonyl (C=O) groups excluding carboxylic acids is 1. The zero-order valence-corrected chi connectivity index (χ0v) is 8.89. The summed E-state index contributed by atoms with van der Waals surface area (Å²) in [5, 5.41) is 5.70. The van der Waals surface area contributed by atoms with Crippen LogP contribution in [0.1, 0.15) is 39.5 Å². The Balaban J connectivity index is 2.35. The van der Waals surface area contributed by atoms with Gasteiger partial charge < -0.3 is 10.6 Å². The molecule has 14 heavy (non-hydrogen) atoms. The van der Waals surface area contributed by atoms with E-state index < -0.39 is 5.54 Å². The van der Waals surface area contributed by atoms with Gasteiger partial charge in [-0.25, -0.2) is 4.79 Å². The zero-order chi connectivity index (χ0) is 10.6. The maximum absolute atomic E-state index is 11.5. The minimum Gasteiger partial charge on any atom is -0.335 e. The van der Waals surface area contributed by atoms with Crippen molar-refractivity contribution in [2.24, 2.45) is 0 Å². The highest BCUT2D eigenvalue weighted by Gasteiger charge is 2.24. The zero-order valence-electron chi connectivity index (χ0n) is 8.89. The molecule has 1 aliphatic carbocycles. The molecule has 3 nitrogen and oxygen atoms in total. The van der Waals surface area contributed by atoms with Crippen LogP contribution in [0, 0.1) is 12.3 Å². The number of urea groups is 1. The van der Waals surface area contributed by atoms with E-state index in [-0.39, 0.29) is 6.03 Å². The van der Waals surface area contributed by atoms with Gasteiger partial charge >= 0.3 is 6.03 Å². The van der Waals surface area contributed by atoms with Crippen LogP contribution in [0.5, 0.6) is 0 Å². The highest BCUT2D eigenvalue weighted by atomic mass is 16.2. The Labute approximate surface area is 85.6 Å². The molecule has 0 aromatic rings. The molecule has 1 rings (SSSR count). The highest BCUT2D eigenvalue weighted by Crippen LogP contribution is 2.18. The van der Waals surface area contributed by atoms with Crippen molar-refractivity contribution < 1.29 is 4.79 Å². The number of hydrogen-bond donors (Lipinski definition) is 2. The Morgan fingerprint density at radius 3 is 2.64 bits per heavy atom. The van der Waals surface area contributed by atoms with E-state index in [2.05, 4.69) is 16.6 Å². The summed E-state index contributed by atoms with van der Waals surface area (Å²) >= 11 is 0. The molecule has 1 aliphatic rings. The van der Waals surface area contributed by atoms with Crippen LogP contribution in [-0.4, -0.2) is 17.6 Å². The predicted molar refractivity (Wildman–Crippen MR) is 56.8 cm³/mol. The molecule has 0 aromatic carbocycles. The van der Waals surface area contributed by atoms with E-state index in [0.717, 1.165) is 19.3 Å². The molecule has 1 atom stereocenters. The highest BCUT2D eigenvalue weighted by molar-refractivity contribution is 5.75. The van der Waals surface area contributed by atoms with E-state index in [9.17, 15) is 4.79 Å². The van der Waals surface area contributed by atoms with Gasteiger partial charge in [0.05, 0.1) is 5.54 Å². The molecule has 1 fully saturated rings. The number of amides is 2. The maximum atomic E-state index is 11.5. The second-order valence-electron chi connectivity index (χ2n) is 4.06. The first kappa shape index (κ1) is 10.9. The molecular formula is C11H18N2O. The van der Waals surface area contributed by atoms with Gasteiger partial charge in [-0.15, -0.1) is 6.42 Å². The number of carbonyl (C=O) groups is 1. The van der Waals surface area contributed by atoms with E-state index in [1.165, 1.54) is 6.42 Å². The van der Waals surface area contributed by atoms with Crippen molar-refractivity contribution in [1.82, 2.24) is 10.6 Å². The molecule has 0 heterocycles. The second kappa shape index (κ2) is 4.36. The molecule has 0 saturated heterocycles. The molecule has 2 amide bonds. The predicted octanol–water partition coefficient (Wildman–Crippen LogP) is 1.64. The second-order valence-corrected chi connectivity index (χ2v) is 4.06. The van der Waals surface area contributed by atoms with Gasteiger partial charge in [-0.3, -0.25) is 0 Å². The Kier molecular flexibility index (Phi) is 3.40. The Hall–Kier alpha value is -1.17. The SMILES string of the molecule is C#CC(C)(CC)NC(=O)NC1CCC1. The van der Waals surface area contributed by atoms with Crippen LogP contribution >= 0.6 is 0 Å². The molecule has 78 valence electrons. The van der Waals surface area contributed by atoms with Gasteiger partial charge in [-0.05, 0) is 32.6 Å². The summed E-state index contributed by atoms with van der Waals surface area (Å²) in [6.45, 7) is 3.82. The largest absolute Gasteiger partial charge is 0.335 e. The lowest BCUT2D eigenvalue weighted by atomic mass is 9.93. The average Bonchev–Trinajstić information content (AvgIpc) is 2.11. The average molecular weight is 194 g/mol. The quantitative estimate of drug-likeness (QED) is 0.659. The van der Waals surface area contributed by atoms with E-state index >= 15 is 0 Å². The molecule has 0 aliphatic heterocycles. The van der Waals surface area contributed by atoms with Gasteiger partial charge in [0.1, 0.15) is 0 Å². The van der Waals surface area contributed by atoms with E-state index in [1.807, 2.05) is 13.8 Å². The van der Waals surface area contributed by atoms with Crippen LogP contribution in [0.3, 0.4) is 0 Å². The minimum absolute atomic E-state index is 0.142. The Morgan fingerprint density at radius 1 is 1.64 bits per heavy atom. The smallest absolute Gasteiger partial charge is 0.316 e. The van der Waals surface area contributed by atoms with E-state index in [0.29, 0.717) is 6.04 Å². The fourth-order valence-electron chi connectivity index (χ4n) is 1.25. The fourth-order valence-corrected chi connectivity index (χ4v) is 1.25. The molecule has 2 N–H and O–H groups in total. The number of terminal acetylenes is 1. The monoisotopic (exact) mass is 194 g/mol. The lowest BCUT2D eigenvalue weighted by Gasteiger charge is -2.29. The topological polar surface area (TPSA) is 41.1 Å². The Morgan fingerprint density at radius 2 is 2.29 bits per heavy atom. The molecule has 0 spiro atoms. The third-order valence-corrected chi connectivity index (χ3v) is 2.86. The van der Waals surface area contributed by atoms with Crippen LogP contribution in [-0.2, 0) is 0 Å². The van der Waals surface area contributed by atoms with Gasteiger partial charge in [0, 0.05) is 6.04 Å².